The van der Waals surface area contributed by atoms with Crippen LogP contribution in [0.15, 0.2) is 0 Å². The SMILES string of the molecule is C#CCCCNCCCCN(C)C. The van der Waals surface area contributed by atoms with E-state index in [4.69, 9.17) is 6.42 Å². The van der Waals surface area contributed by atoms with Crippen LogP contribution in [0.25, 0.3) is 0 Å². The number of hydrogen-bond donors (Lipinski definition) is 1. The third-order valence-electron chi connectivity index (χ3n) is 1.88. The molecule has 0 heterocycles. The topological polar surface area (TPSA) is 15.3 Å². The Morgan fingerprint density at radius 2 is 1.85 bits per heavy atom. The lowest BCUT2D eigenvalue weighted by Gasteiger charge is -2.08. The highest BCUT2D eigenvalue weighted by Gasteiger charge is 1.90. The first-order valence-corrected chi connectivity index (χ1v) is 5.06. The lowest BCUT2D eigenvalue weighted by molar-refractivity contribution is 0.391. The van der Waals surface area contributed by atoms with Crippen molar-refractivity contribution in [2.24, 2.45) is 0 Å². The fraction of sp³-hybridized carbons (Fsp3) is 0.818. The molecule has 76 valence electrons. The van der Waals surface area contributed by atoms with Gasteiger partial charge >= 0.3 is 0 Å². The quantitative estimate of drug-likeness (QED) is 0.450. The van der Waals surface area contributed by atoms with Gasteiger partial charge in [-0.25, -0.2) is 0 Å². The maximum absolute atomic E-state index is 5.14. The lowest BCUT2D eigenvalue weighted by atomic mass is 10.3. The molecule has 0 aliphatic carbocycles. The van der Waals surface area contributed by atoms with Gasteiger partial charge < -0.3 is 10.2 Å². The molecule has 0 spiro atoms. The fourth-order valence-electron chi connectivity index (χ4n) is 1.12. The molecule has 0 aliphatic heterocycles. The van der Waals surface area contributed by atoms with E-state index in [0.717, 1.165) is 25.9 Å². The lowest BCUT2D eigenvalue weighted by Crippen LogP contribution is -2.19. The van der Waals surface area contributed by atoms with Gasteiger partial charge in [0.05, 0.1) is 0 Å². The number of terminal acetylenes is 1. The van der Waals surface area contributed by atoms with Gasteiger partial charge in [0.25, 0.3) is 0 Å². The first-order chi connectivity index (χ1) is 6.27. The van der Waals surface area contributed by atoms with Gasteiger partial charge in [0.15, 0.2) is 0 Å². The molecule has 0 saturated heterocycles. The summed E-state index contributed by atoms with van der Waals surface area (Å²) in [5.41, 5.74) is 0. The predicted octanol–water partition coefficient (Wildman–Crippen LogP) is 1.33. The van der Waals surface area contributed by atoms with Crippen LogP contribution in [0.3, 0.4) is 0 Å². The molecule has 0 rings (SSSR count). The Kier molecular flexibility index (Phi) is 9.18. The average Bonchev–Trinajstić information content (AvgIpc) is 2.09. The van der Waals surface area contributed by atoms with Crippen LogP contribution in [0.5, 0.6) is 0 Å². The summed E-state index contributed by atoms with van der Waals surface area (Å²) < 4.78 is 0. The normalized spacial score (nSPS) is 10.3. The molecule has 0 aliphatic rings. The molecule has 0 fully saturated rings. The van der Waals surface area contributed by atoms with Gasteiger partial charge in [-0.15, -0.1) is 12.3 Å². The van der Waals surface area contributed by atoms with E-state index in [1.165, 1.54) is 19.4 Å². The first kappa shape index (κ1) is 12.5. The van der Waals surface area contributed by atoms with Crippen LogP contribution in [-0.2, 0) is 0 Å². The van der Waals surface area contributed by atoms with E-state index < -0.39 is 0 Å². The Labute approximate surface area is 82.7 Å². The van der Waals surface area contributed by atoms with Crippen molar-refractivity contribution in [2.45, 2.75) is 25.7 Å². The van der Waals surface area contributed by atoms with Crippen molar-refractivity contribution in [3.8, 4) is 12.3 Å². The van der Waals surface area contributed by atoms with E-state index in [9.17, 15) is 0 Å². The molecule has 0 aromatic carbocycles. The summed E-state index contributed by atoms with van der Waals surface area (Å²) in [6.45, 7) is 3.37. The molecule has 0 atom stereocenters. The first-order valence-electron chi connectivity index (χ1n) is 5.06. The van der Waals surface area contributed by atoms with Gasteiger partial charge in [-0.05, 0) is 53.0 Å². The van der Waals surface area contributed by atoms with E-state index in [2.05, 4.69) is 30.2 Å². The van der Waals surface area contributed by atoms with Crippen LogP contribution in [-0.4, -0.2) is 38.6 Å². The van der Waals surface area contributed by atoms with Crippen molar-refractivity contribution in [2.75, 3.05) is 33.7 Å². The van der Waals surface area contributed by atoms with Crippen molar-refractivity contribution < 1.29 is 0 Å². The van der Waals surface area contributed by atoms with Gasteiger partial charge in [0, 0.05) is 6.42 Å². The Morgan fingerprint density at radius 3 is 2.46 bits per heavy atom. The van der Waals surface area contributed by atoms with E-state index in [1.54, 1.807) is 0 Å². The molecule has 1 N–H and O–H groups in total. The molecule has 2 nitrogen and oxygen atoms in total. The van der Waals surface area contributed by atoms with Gasteiger partial charge in [-0.1, -0.05) is 0 Å². The molecular formula is C11H22N2. The van der Waals surface area contributed by atoms with Crippen molar-refractivity contribution in [3.63, 3.8) is 0 Å². The summed E-state index contributed by atoms with van der Waals surface area (Å²) >= 11 is 0. The largest absolute Gasteiger partial charge is 0.317 e. The number of hydrogen-bond acceptors (Lipinski definition) is 2. The Balaban J connectivity index is 2.88. The maximum atomic E-state index is 5.14. The standard InChI is InChI=1S/C11H22N2/c1-4-5-6-9-12-10-7-8-11-13(2)3/h1,12H,5-11H2,2-3H3. The summed E-state index contributed by atoms with van der Waals surface area (Å²) in [6.07, 6.45) is 9.67. The molecule has 0 unspecified atom stereocenters. The van der Waals surface area contributed by atoms with Gasteiger partial charge in [0.2, 0.25) is 0 Å². The summed E-state index contributed by atoms with van der Waals surface area (Å²) in [6, 6.07) is 0. The highest BCUT2D eigenvalue weighted by Crippen LogP contribution is 1.89. The monoisotopic (exact) mass is 182 g/mol. The second kappa shape index (κ2) is 9.57. The van der Waals surface area contributed by atoms with Crippen LogP contribution in [0.4, 0.5) is 0 Å². The predicted molar refractivity (Wildman–Crippen MR) is 58.7 cm³/mol. The van der Waals surface area contributed by atoms with E-state index in [-0.39, 0.29) is 0 Å². The zero-order valence-corrected chi connectivity index (χ0v) is 8.97. The van der Waals surface area contributed by atoms with Crippen molar-refractivity contribution >= 4 is 0 Å². The molecule has 0 bridgehead atoms. The van der Waals surface area contributed by atoms with Crippen LogP contribution < -0.4 is 5.32 Å². The molecule has 0 aromatic heterocycles. The van der Waals surface area contributed by atoms with Crippen LogP contribution >= 0.6 is 0 Å². The van der Waals surface area contributed by atoms with Crippen LogP contribution in [0.2, 0.25) is 0 Å². The maximum Gasteiger partial charge on any atom is 0.00981 e. The fourth-order valence-corrected chi connectivity index (χ4v) is 1.12. The molecule has 0 radical (unpaired) electrons. The van der Waals surface area contributed by atoms with Crippen molar-refractivity contribution in [3.05, 3.63) is 0 Å². The number of unbranched alkanes of at least 4 members (excludes halogenated alkanes) is 2. The van der Waals surface area contributed by atoms with Gasteiger partial charge in [-0.3, -0.25) is 0 Å². The van der Waals surface area contributed by atoms with Gasteiger partial charge in [-0.2, -0.15) is 0 Å². The molecule has 0 saturated carbocycles. The minimum Gasteiger partial charge on any atom is -0.317 e. The number of nitrogens with zero attached hydrogens (tertiary/aromatic N) is 1. The summed E-state index contributed by atoms with van der Waals surface area (Å²) in [5, 5.41) is 3.38. The molecule has 0 aromatic rings. The van der Waals surface area contributed by atoms with Gasteiger partial charge in [0.1, 0.15) is 0 Å². The minimum absolute atomic E-state index is 0.894. The zero-order chi connectivity index (χ0) is 9.94. The number of rotatable bonds is 8. The van der Waals surface area contributed by atoms with E-state index in [0.29, 0.717) is 0 Å². The molecular weight excluding hydrogens is 160 g/mol. The highest BCUT2D eigenvalue weighted by atomic mass is 15.0. The second-order valence-corrected chi connectivity index (χ2v) is 3.57. The van der Waals surface area contributed by atoms with E-state index in [1.807, 2.05) is 0 Å². The zero-order valence-electron chi connectivity index (χ0n) is 8.97. The third-order valence-corrected chi connectivity index (χ3v) is 1.88. The van der Waals surface area contributed by atoms with Crippen LogP contribution in [0, 0.1) is 12.3 Å². The van der Waals surface area contributed by atoms with E-state index >= 15 is 0 Å². The minimum atomic E-state index is 0.894. The van der Waals surface area contributed by atoms with Crippen molar-refractivity contribution in [1.82, 2.24) is 10.2 Å². The smallest absolute Gasteiger partial charge is 0.00981 e. The third kappa shape index (κ3) is 11.5. The Bertz CT molecular complexity index is 136. The summed E-state index contributed by atoms with van der Waals surface area (Å²) in [4.78, 5) is 2.22. The Hall–Kier alpha value is -0.520. The summed E-state index contributed by atoms with van der Waals surface area (Å²) in [7, 11) is 4.22. The number of nitrogens with one attached hydrogen (secondary N) is 1. The highest BCUT2D eigenvalue weighted by molar-refractivity contribution is 4.83. The molecule has 2 heteroatoms. The van der Waals surface area contributed by atoms with Crippen LogP contribution in [0.1, 0.15) is 25.7 Å². The Morgan fingerprint density at radius 1 is 1.15 bits per heavy atom. The second-order valence-electron chi connectivity index (χ2n) is 3.57. The molecule has 13 heavy (non-hydrogen) atoms. The summed E-state index contributed by atoms with van der Waals surface area (Å²) in [5.74, 6) is 2.64. The molecule has 0 amide bonds. The average molecular weight is 182 g/mol. The van der Waals surface area contributed by atoms with Crippen molar-refractivity contribution in [1.29, 1.82) is 0 Å².